The number of unbranched alkanes of at least 4 members (excludes halogenated alkanes) is 11. The van der Waals surface area contributed by atoms with Crippen LogP contribution in [0.2, 0.25) is 0 Å². The first kappa shape index (κ1) is 32.4. The van der Waals surface area contributed by atoms with Crippen LogP contribution in [-0.2, 0) is 23.9 Å². The van der Waals surface area contributed by atoms with E-state index in [1.54, 1.807) is 0 Å². The molecule has 3 unspecified atom stereocenters. The Morgan fingerprint density at radius 3 is 1.97 bits per heavy atom. The van der Waals surface area contributed by atoms with E-state index in [1.165, 1.54) is 64.7 Å². The van der Waals surface area contributed by atoms with Crippen LogP contribution < -0.4 is 5.32 Å². The molecule has 0 aromatic heterocycles. The minimum atomic E-state index is -0.637. The molecule has 1 heterocycles. The van der Waals surface area contributed by atoms with Gasteiger partial charge in [-0.15, -0.1) is 0 Å². The third-order valence-electron chi connectivity index (χ3n) is 7.16. The minimum absolute atomic E-state index is 0.0759. The van der Waals surface area contributed by atoms with Crippen LogP contribution in [0.25, 0.3) is 0 Å². The number of rotatable bonds is 22. The molecule has 1 saturated heterocycles. The van der Waals surface area contributed by atoms with E-state index in [0.29, 0.717) is 12.8 Å². The van der Waals surface area contributed by atoms with Crippen molar-refractivity contribution < 1.29 is 23.9 Å². The second kappa shape index (κ2) is 19.5. The van der Waals surface area contributed by atoms with E-state index in [1.807, 2.05) is 13.8 Å². The molecule has 1 rings (SSSR count). The van der Waals surface area contributed by atoms with E-state index in [4.69, 9.17) is 9.47 Å². The zero-order valence-electron chi connectivity index (χ0n) is 23.9. The summed E-state index contributed by atoms with van der Waals surface area (Å²) in [6, 6.07) is -0.637. The molecular weight excluding hydrogens is 454 g/mol. The molecule has 4 atom stereocenters. The maximum Gasteiger partial charge on any atom is 0.328 e. The highest BCUT2D eigenvalue weighted by Crippen LogP contribution is 2.32. The van der Waals surface area contributed by atoms with Gasteiger partial charge in [0.15, 0.2) is 0 Å². The lowest BCUT2D eigenvalue weighted by molar-refractivity contribution is -0.190. The van der Waals surface area contributed by atoms with Crippen molar-refractivity contribution in [2.24, 2.45) is 11.8 Å². The Balaban J connectivity index is 2.63. The quantitative estimate of drug-likeness (QED) is 0.123. The van der Waals surface area contributed by atoms with Gasteiger partial charge >= 0.3 is 11.9 Å². The smallest absolute Gasteiger partial charge is 0.328 e. The van der Waals surface area contributed by atoms with Crippen LogP contribution in [0, 0.1) is 11.8 Å². The lowest BCUT2D eigenvalue weighted by Gasteiger charge is -2.37. The SMILES string of the molecule is CCCCCCCCCCCC(CC1OC(=O)C1CCCCCC)OC(=O)[C@H](CC(C)C)NC(C)=O. The molecule has 0 saturated carbocycles. The number of hydrogen-bond donors (Lipinski definition) is 1. The molecule has 0 aliphatic carbocycles. The van der Waals surface area contributed by atoms with E-state index in [9.17, 15) is 14.4 Å². The van der Waals surface area contributed by atoms with E-state index in [-0.39, 0.29) is 41.9 Å². The van der Waals surface area contributed by atoms with Crippen LogP contribution in [0.15, 0.2) is 0 Å². The summed E-state index contributed by atoms with van der Waals surface area (Å²) in [5.41, 5.74) is 0. The lowest BCUT2D eigenvalue weighted by Crippen LogP contribution is -2.48. The van der Waals surface area contributed by atoms with Crippen LogP contribution in [-0.4, -0.2) is 36.1 Å². The lowest BCUT2D eigenvalue weighted by atomic mass is 9.86. The van der Waals surface area contributed by atoms with Crippen molar-refractivity contribution in [2.75, 3.05) is 0 Å². The van der Waals surface area contributed by atoms with Crippen molar-refractivity contribution in [1.29, 1.82) is 0 Å². The largest absolute Gasteiger partial charge is 0.461 e. The first-order valence-corrected chi connectivity index (χ1v) is 15.0. The van der Waals surface area contributed by atoms with Gasteiger partial charge in [-0.2, -0.15) is 0 Å². The van der Waals surface area contributed by atoms with Gasteiger partial charge in [-0.3, -0.25) is 9.59 Å². The number of esters is 2. The fourth-order valence-electron chi connectivity index (χ4n) is 5.05. The van der Waals surface area contributed by atoms with Crippen molar-refractivity contribution in [1.82, 2.24) is 5.32 Å². The van der Waals surface area contributed by atoms with Gasteiger partial charge in [0.2, 0.25) is 5.91 Å². The summed E-state index contributed by atoms with van der Waals surface area (Å²) in [7, 11) is 0. The molecule has 1 N–H and O–H groups in total. The van der Waals surface area contributed by atoms with Crippen molar-refractivity contribution in [3.05, 3.63) is 0 Å². The maximum atomic E-state index is 13.0. The van der Waals surface area contributed by atoms with Crippen molar-refractivity contribution in [2.45, 2.75) is 162 Å². The average molecular weight is 510 g/mol. The predicted octanol–water partition coefficient (Wildman–Crippen LogP) is 7.27. The van der Waals surface area contributed by atoms with Gasteiger partial charge in [0.25, 0.3) is 0 Å². The molecule has 210 valence electrons. The van der Waals surface area contributed by atoms with Gasteiger partial charge in [-0.1, -0.05) is 105 Å². The van der Waals surface area contributed by atoms with Gasteiger partial charge in [0, 0.05) is 13.3 Å². The van der Waals surface area contributed by atoms with E-state index in [0.717, 1.165) is 38.5 Å². The second-order valence-electron chi connectivity index (χ2n) is 11.2. The molecule has 0 aromatic rings. The summed E-state index contributed by atoms with van der Waals surface area (Å²) in [6.45, 7) is 9.90. The van der Waals surface area contributed by atoms with Gasteiger partial charge < -0.3 is 14.8 Å². The van der Waals surface area contributed by atoms with Crippen LogP contribution in [0.3, 0.4) is 0 Å². The summed E-state index contributed by atoms with van der Waals surface area (Å²) in [4.78, 5) is 36.8. The average Bonchev–Trinajstić information content (AvgIpc) is 2.81. The molecule has 1 aliphatic heterocycles. The zero-order chi connectivity index (χ0) is 26.8. The van der Waals surface area contributed by atoms with Gasteiger partial charge in [0.05, 0.1) is 5.92 Å². The Hall–Kier alpha value is -1.59. The molecule has 0 aromatic carbocycles. The van der Waals surface area contributed by atoms with E-state index >= 15 is 0 Å². The Morgan fingerprint density at radius 2 is 1.44 bits per heavy atom. The zero-order valence-corrected chi connectivity index (χ0v) is 23.9. The number of carbonyl (C=O) groups is 3. The summed E-state index contributed by atoms with van der Waals surface area (Å²) in [6.07, 6.45) is 17.9. The summed E-state index contributed by atoms with van der Waals surface area (Å²) in [5, 5.41) is 2.76. The number of amides is 1. The highest BCUT2D eigenvalue weighted by atomic mass is 16.6. The molecule has 0 bridgehead atoms. The van der Waals surface area contributed by atoms with E-state index < -0.39 is 6.04 Å². The number of carbonyl (C=O) groups excluding carboxylic acids is 3. The predicted molar refractivity (Wildman–Crippen MR) is 146 cm³/mol. The number of hydrogen-bond acceptors (Lipinski definition) is 5. The first-order valence-electron chi connectivity index (χ1n) is 15.0. The maximum absolute atomic E-state index is 13.0. The fourth-order valence-corrected chi connectivity index (χ4v) is 5.05. The minimum Gasteiger partial charge on any atom is -0.461 e. The normalized spacial score (nSPS) is 18.9. The third kappa shape index (κ3) is 14.2. The Kier molecular flexibility index (Phi) is 17.6. The molecule has 0 radical (unpaired) electrons. The molecule has 36 heavy (non-hydrogen) atoms. The highest BCUT2D eigenvalue weighted by molar-refractivity contribution is 5.83. The topological polar surface area (TPSA) is 81.7 Å². The Labute approximate surface area is 221 Å². The molecule has 6 heteroatoms. The number of nitrogens with one attached hydrogen (secondary N) is 1. The molecule has 6 nitrogen and oxygen atoms in total. The molecule has 1 aliphatic rings. The molecule has 1 fully saturated rings. The van der Waals surface area contributed by atoms with Crippen LogP contribution in [0.5, 0.6) is 0 Å². The highest BCUT2D eigenvalue weighted by Gasteiger charge is 2.43. The van der Waals surface area contributed by atoms with Gasteiger partial charge in [-0.05, 0) is 31.6 Å². The van der Waals surface area contributed by atoms with Crippen molar-refractivity contribution in [3.8, 4) is 0 Å². The second-order valence-corrected chi connectivity index (χ2v) is 11.2. The van der Waals surface area contributed by atoms with Crippen molar-refractivity contribution in [3.63, 3.8) is 0 Å². The summed E-state index contributed by atoms with van der Waals surface area (Å²) >= 11 is 0. The van der Waals surface area contributed by atoms with Crippen LogP contribution >= 0.6 is 0 Å². The number of cyclic esters (lactones) is 1. The molecule has 1 amide bonds. The Bertz CT molecular complexity index is 620. The molecular formula is C30H55NO5. The third-order valence-corrected chi connectivity index (χ3v) is 7.16. The Morgan fingerprint density at radius 1 is 0.889 bits per heavy atom. The van der Waals surface area contributed by atoms with Gasteiger partial charge in [-0.25, -0.2) is 4.79 Å². The standard InChI is InChI=1S/C30H55NO5/c1-6-8-10-12-13-14-15-16-17-19-25(35-30(34)27(21-23(3)4)31-24(5)32)22-28-26(29(33)36-28)20-18-11-9-7-2/h23,25-28H,6-22H2,1-5H3,(H,31,32)/t25?,26?,27-,28?/m0/s1. The first-order chi connectivity index (χ1) is 17.3. The monoisotopic (exact) mass is 509 g/mol. The van der Waals surface area contributed by atoms with Crippen LogP contribution in [0.1, 0.15) is 144 Å². The van der Waals surface area contributed by atoms with Crippen LogP contribution in [0.4, 0.5) is 0 Å². The van der Waals surface area contributed by atoms with Gasteiger partial charge in [0.1, 0.15) is 18.2 Å². The van der Waals surface area contributed by atoms with Crippen molar-refractivity contribution >= 4 is 17.8 Å². The fraction of sp³-hybridized carbons (Fsp3) is 0.900. The van der Waals surface area contributed by atoms with E-state index in [2.05, 4.69) is 19.2 Å². The molecule has 0 spiro atoms. The number of ether oxygens (including phenoxy) is 2. The summed E-state index contributed by atoms with van der Waals surface area (Å²) < 4.78 is 11.5. The summed E-state index contributed by atoms with van der Waals surface area (Å²) in [5.74, 6) is -0.531.